The fourth-order valence-corrected chi connectivity index (χ4v) is 3.85. The summed E-state index contributed by atoms with van der Waals surface area (Å²) in [6.07, 6.45) is 0. The highest BCUT2D eigenvalue weighted by Crippen LogP contribution is 2.28. The zero-order valence-corrected chi connectivity index (χ0v) is 14.6. The summed E-state index contributed by atoms with van der Waals surface area (Å²) in [5, 5.41) is 3.23. The van der Waals surface area contributed by atoms with Crippen molar-refractivity contribution >= 4 is 59.6 Å². The number of rotatable bonds is 3. The lowest BCUT2D eigenvalue weighted by atomic mass is 10.3. The molecule has 2 aromatic carbocycles. The molecule has 24 heavy (non-hydrogen) atoms. The Morgan fingerprint density at radius 1 is 1.29 bits per heavy atom. The summed E-state index contributed by atoms with van der Waals surface area (Å²) in [4.78, 5) is 28.5. The third-order valence-electron chi connectivity index (χ3n) is 3.47. The average Bonchev–Trinajstić information content (AvgIpc) is 3.07. The molecule has 0 aliphatic heterocycles. The number of para-hydroxylation sites is 2. The van der Waals surface area contributed by atoms with Gasteiger partial charge in [0.25, 0.3) is 0 Å². The number of anilines is 1. The lowest BCUT2D eigenvalue weighted by Gasteiger charge is -2.02. The molecule has 0 radical (unpaired) electrons. The first kappa shape index (κ1) is 15.1. The predicted molar refractivity (Wildman–Crippen MR) is 96.4 cm³/mol. The third kappa shape index (κ3) is 2.74. The second kappa shape index (κ2) is 5.88. The minimum Gasteiger partial charge on any atom is -0.408 e. The van der Waals surface area contributed by atoms with Crippen LogP contribution in [0.25, 0.3) is 21.3 Å². The van der Waals surface area contributed by atoms with E-state index in [0.29, 0.717) is 16.2 Å². The summed E-state index contributed by atoms with van der Waals surface area (Å²) in [7, 11) is 0. The summed E-state index contributed by atoms with van der Waals surface area (Å²) in [6.45, 7) is -0.129. The van der Waals surface area contributed by atoms with Gasteiger partial charge in [0.05, 0.1) is 15.7 Å². The van der Waals surface area contributed by atoms with E-state index in [1.807, 2.05) is 18.2 Å². The maximum atomic E-state index is 12.3. The van der Waals surface area contributed by atoms with Crippen LogP contribution in [-0.4, -0.2) is 15.5 Å². The lowest BCUT2D eigenvalue weighted by molar-refractivity contribution is -0.116. The molecule has 0 fully saturated rings. The number of nitrogens with zero attached hydrogens (tertiary/aromatic N) is 2. The van der Waals surface area contributed by atoms with Crippen LogP contribution in [0.1, 0.15) is 0 Å². The molecule has 0 saturated carbocycles. The molecular weight excluding hydrogens is 394 g/mol. The number of halogens is 1. The molecule has 0 aliphatic rings. The summed E-state index contributed by atoms with van der Waals surface area (Å²) in [5.41, 5.74) is 1.86. The van der Waals surface area contributed by atoms with E-state index in [-0.39, 0.29) is 12.5 Å². The van der Waals surface area contributed by atoms with Crippen LogP contribution in [0.3, 0.4) is 0 Å². The van der Waals surface area contributed by atoms with Gasteiger partial charge in [-0.05, 0) is 30.3 Å². The van der Waals surface area contributed by atoms with Crippen LogP contribution < -0.4 is 11.1 Å². The van der Waals surface area contributed by atoms with Crippen molar-refractivity contribution in [3.05, 3.63) is 57.5 Å². The molecule has 2 heterocycles. The highest BCUT2D eigenvalue weighted by Gasteiger charge is 2.14. The number of carbonyl (C=O) groups excluding carboxylic acids is 1. The Morgan fingerprint density at radius 2 is 2.12 bits per heavy atom. The van der Waals surface area contributed by atoms with Crippen molar-refractivity contribution in [2.75, 3.05) is 5.32 Å². The van der Waals surface area contributed by atoms with Crippen LogP contribution in [0, 0.1) is 0 Å². The van der Waals surface area contributed by atoms with E-state index in [4.69, 9.17) is 4.42 Å². The molecule has 4 rings (SSSR count). The largest absolute Gasteiger partial charge is 0.420 e. The molecule has 1 N–H and O–H groups in total. The number of fused-ring (bicyclic) bond motifs is 2. The third-order valence-corrected chi connectivity index (χ3v) is 4.90. The van der Waals surface area contributed by atoms with Crippen molar-refractivity contribution in [1.29, 1.82) is 0 Å². The molecule has 2 aromatic heterocycles. The number of thiazole rings is 1. The zero-order valence-electron chi connectivity index (χ0n) is 12.2. The summed E-state index contributed by atoms with van der Waals surface area (Å²) in [5.74, 6) is -0.888. The molecule has 8 heteroatoms. The Balaban J connectivity index is 1.59. The second-order valence-electron chi connectivity index (χ2n) is 5.10. The van der Waals surface area contributed by atoms with Gasteiger partial charge in [-0.25, -0.2) is 9.78 Å². The molecule has 4 aromatic rings. The van der Waals surface area contributed by atoms with Gasteiger partial charge in [0, 0.05) is 4.47 Å². The Hall–Kier alpha value is -2.45. The van der Waals surface area contributed by atoms with Gasteiger partial charge in [0.1, 0.15) is 6.54 Å². The van der Waals surface area contributed by atoms with Gasteiger partial charge in [0.2, 0.25) is 5.91 Å². The quantitative estimate of drug-likeness (QED) is 0.566. The topological polar surface area (TPSA) is 77.1 Å². The maximum Gasteiger partial charge on any atom is 0.420 e. The Labute approximate surface area is 147 Å². The monoisotopic (exact) mass is 403 g/mol. The molecule has 0 saturated heterocycles. The summed E-state index contributed by atoms with van der Waals surface area (Å²) in [6, 6.07) is 12.7. The molecule has 6 nitrogen and oxygen atoms in total. The van der Waals surface area contributed by atoms with E-state index < -0.39 is 5.76 Å². The number of oxazole rings is 1. The summed E-state index contributed by atoms with van der Waals surface area (Å²) >= 11 is 4.78. The van der Waals surface area contributed by atoms with E-state index in [1.54, 1.807) is 24.3 Å². The van der Waals surface area contributed by atoms with Crippen LogP contribution in [0.5, 0.6) is 0 Å². The molecule has 1 amide bonds. The van der Waals surface area contributed by atoms with Gasteiger partial charge in [-0.15, -0.1) is 0 Å². The van der Waals surface area contributed by atoms with Crippen LogP contribution in [0.4, 0.5) is 5.13 Å². The Bertz CT molecular complexity index is 1130. The maximum absolute atomic E-state index is 12.3. The van der Waals surface area contributed by atoms with Gasteiger partial charge in [0.15, 0.2) is 10.7 Å². The molecule has 120 valence electrons. The normalized spacial score (nSPS) is 11.2. The zero-order chi connectivity index (χ0) is 16.7. The SMILES string of the molecule is O=C(Cn1c(=O)oc2ccccc21)Nc1nc2ccc(Br)cc2s1. The number of carbonyl (C=O) groups is 1. The van der Waals surface area contributed by atoms with Crippen molar-refractivity contribution in [3.63, 3.8) is 0 Å². The van der Waals surface area contributed by atoms with Crippen molar-refractivity contribution < 1.29 is 9.21 Å². The minimum absolute atomic E-state index is 0.129. The predicted octanol–water partition coefficient (Wildman–Crippen LogP) is 3.61. The minimum atomic E-state index is -0.556. The fourth-order valence-electron chi connectivity index (χ4n) is 2.42. The molecular formula is C16H10BrN3O3S. The van der Waals surface area contributed by atoms with Crippen LogP contribution >= 0.6 is 27.3 Å². The Morgan fingerprint density at radius 3 is 3.00 bits per heavy atom. The highest BCUT2D eigenvalue weighted by molar-refractivity contribution is 9.10. The van der Waals surface area contributed by atoms with Gasteiger partial charge in [-0.2, -0.15) is 0 Å². The molecule has 0 bridgehead atoms. The van der Waals surface area contributed by atoms with Crippen LogP contribution in [0.15, 0.2) is 56.1 Å². The highest BCUT2D eigenvalue weighted by atomic mass is 79.9. The summed E-state index contributed by atoms with van der Waals surface area (Å²) < 4.78 is 8.34. The first-order valence-electron chi connectivity index (χ1n) is 7.04. The van der Waals surface area contributed by atoms with Crippen molar-refractivity contribution in [1.82, 2.24) is 9.55 Å². The van der Waals surface area contributed by atoms with Crippen LogP contribution in [-0.2, 0) is 11.3 Å². The van der Waals surface area contributed by atoms with Crippen molar-refractivity contribution in [3.8, 4) is 0 Å². The number of hydrogen-bond acceptors (Lipinski definition) is 5. The van der Waals surface area contributed by atoms with Crippen molar-refractivity contribution in [2.45, 2.75) is 6.54 Å². The molecule has 0 atom stereocenters. The molecule has 0 aliphatic carbocycles. The molecule has 0 spiro atoms. The Kier molecular flexibility index (Phi) is 3.70. The van der Waals surface area contributed by atoms with Gasteiger partial charge >= 0.3 is 5.76 Å². The van der Waals surface area contributed by atoms with E-state index >= 15 is 0 Å². The number of benzene rings is 2. The number of nitrogens with one attached hydrogen (secondary N) is 1. The van der Waals surface area contributed by atoms with Gasteiger partial charge in [-0.1, -0.05) is 39.4 Å². The molecule has 0 unspecified atom stereocenters. The fraction of sp³-hybridized carbons (Fsp3) is 0.0625. The van der Waals surface area contributed by atoms with Gasteiger partial charge in [-0.3, -0.25) is 9.36 Å². The first-order valence-corrected chi connectivity index (χ1v) is 8.65. The van der Waals surface area contributed by atoms with E-state index in [0.717, 1.165) is 14.7 Å². The first-order chi connectivity index (χ1) is 11.6. The number of hydrogen-bond donors (Lipinski definition) is 1. The van der Waals surface area contributed by atoms with E-state index in [1.165, 1.54) is 15.9 Å². The van der Waals surface area contributed by atoms with Gasteiger partial charge < -0.3 is 9.73 Å². The standard InChI is InChI=1S/C16H10BrN3O3S/c17-9-5-6-10-13(7-9)24-15(18-10)19-14(21)8-20-11-3-1-2-4-12(11)23-16(20)22/h1-7H,8H2,(H,18,19,21). The second-order valence-corrected chi connectivity index (χ2v) is 7.05. The lowest BCUT2D eigenvalue weighted by Crippen LogP contribution is -2.24. The number of amides is 1. The van der Waals surface area contributed by atoms with E-state index in [2.05, 4.69) is 26.2 Å². The average molecular weight is 404 g/mol. The number of aromatic nitrogens is 2. The smallest absolute Gasteiger partial charge is 0.408 e. The van der Waals surface area contributed by atoms with Crippen molar-refractivity contribution in [2.24, 2.45) is 0 Å². The van der Waals surface area contributed by atoms with E-state index in [9.17, 15) is 9.59 Å². The van der Waals surface area contributed by atoms with Crippen LogP contribution in [0.2, 0.25) is 0 Å².